The molecular weight excluding hydrogens is 316 g/mol. The zero-order chi connectivity index (χ0) is 17.6. The molecule has 1 N–H and O–H groups in total. The Labute approximate surface area is 148 Å². The van der Waals surface area contributed by atoms with E-state index in [0.717, 1.165) is 31.5 Å². The molecule has 1 aromatic heterocycles. The second kappa shape index (κ2) is 8.16. The maximum atomic E-state index is 12.4. The maximum Gasteiger partial charge on any atom is 0.317 e. The minimum atomic E-state index is 0.0233. The second-order valence-electron chi connectivity index (χ2n) is 6.52. The molecule has 134 valence electrons. The Balaban J connectivity index is 1.45. The van der Waals surface area contributed by atoms with Crippen molar-refractivity contribution in [1.29, 1.82) is 0 Å². The fraction of sp³-hybridized carbons (Fsp3) is 0.474. The fourth-order valence-electron chi connectivity index (χ4n) is 3.30. The SMILES string of the molecule is CO[C@@H]1CCN(C(=O)NCCc2ccc(-n3cccn3)cc2)[C@H](C)C1. The van der Waals surface area contributed by atoms with Crippen LogP contribution in [0.4, 0.5) is 4.79 Å². The Kier molecular flexibility index (Phi) is 5.71. The maximum absolute atomic E-state index is 12.4. The van der Waals surface area contributed by atoms with Crippen molar-refractivity contribution in [2.24, 2.45) is 0 Å². The van der Waals surface area contributed by atoms with E-state index in [9.17, 15) is 4.79 Å². The van der Waals surface area contributed by atoms with Gasteiger partial charge < -0.3 is 15.0 Å². The first-order valence-corrected chi connectivity index (χ1v) is 8.83. The molecule has 2 amide bonds. The van der Waals surface area contributed by atoms with Gasteiger partial charge in [0.05, 0.1) is 11.8 Å². The number of rotatable bonds is 5. The average Bonchev–Trinajstić information content (AvgIpc) is 3.16. The summed E-state index contributed by atoms with van der Waals surface area (Å²) in [7, 11) is 1.74. The Morgan fingerprint density at radius 1 is 1.36 bits per heavy atom. The van der Waals surface area contributed by atoms with Crippen molar-refractivity contribution in [3.05, 3.63) is 48.3 Å². The van der Waals surface area contributed by atoms with Crippen LogP contribution in [0.15, 0.2) is 42.7 Å². The first-order valence-electron chi connectivity index (χ1n) is 8.83. The molecule has 0 radical (unpaired) electrons. The minimum Gasteiger partial charge on any atom is -0.381 e. The number of aromatic nitrogens is 2. The molecule has 2 atom stereocenters. The topological polar surface area (TPSA) is 59.4 Å². The van der Waals surface area contributed by atoms with Crippen molar-refractivity contribution < 1.29 is 9.53 Å². The lowest BCUT2D eigenvalue weighted by Crippen LogP contribution is -2.50. The van der Waals surface area contributed by atoms with Crippen LogP contribution in [0.3, 0.4) is 0 Å². The Morgan fingerprint density at radius 3 is 2.80 bits per heavy atom. The Hall–Kier alpha value is -2.34. The van der Waals surface area contributed by atoms with Crippen LogP contribution in [0.5, 0.6) is 0 Å². The van der Waals surface area contributed by atoms with Gasteiger partial charge in [-0.15, -0.1) is 0 Å². The normalized spacial score (nSPS) is 20.5. The van der Waals surface area contributed by atoms with Gasteiger partial charge in [-0.1, -0.05) is 12.1 Å². The predicted octanol–water partition coefficient (Wildman–Crippen LogP) is 2.62. The standard InChI is InChI=1S/C19H26N4O2/c1-15-14-18(25-2)9-13-22(15)19(24)20-11-8-16-4-6-17(7-5-16)23-12-3-10-21-23/h3-7,10,12,15,18H,8-9,11,13-14H2,1-2H3,(H,20,24)/t15-,18-/m1/s1. The number of carbonyl (C=O) groups excluding carboxylic acids is 1. The highest BCUT2D eigenvalue weighted by Gasteiger charge is 2.28. The summed E-state index contributed by atoms with van der Waals surface area (Å²) in [6.07, 6.45) is 6.58. The molecule has 1 aromatic carbocycles. The van der Waals surface area contributed by atoms with Gasteiger partial charge in [-0.25, -0.2) is 9.48 Å². The molecule has 0 bridgehead atoms. The molecule has 1 saturated heterocycles. The quantitative estimate of drug-likeness (QED) is 0.909. The first-order chi connectivity index (χ1) is 12.2. The lowest BCUT2D eigenvalue weighted by atomic mass is 10.0. The van der Waals surface area contributed by atoms with E-state index < -0.39 is 0 Å². The summed E-state index contributed by atoms with van der Waals surface area (Å²) in [5, 5.41) is 7.25. The zero-order valence-corrected chi connectivity index (χ0v) is 14.9. The summed E-state index contributed by atoms with van der Waals surface area (Å²) >= 11 is 0. The molecular formula is C19H26N4O2. The molecule has 3 rings (SSSR count). The van der Waals surface area contributed by atoms with Crippen molar-refractivity contribution in [2.75, 3.05) is 20.2 Å². The van der Waals surface area contributed by atoms with E-state index in [4.69, 9.17) is 4.74 Å². The van der Waals surface area contributed by atoms with E-state index >= 15 is 0 Å². The van der Waals surface area contributed by atoms with Crippen LogP contribution in [-0.2, 0) is 11.2 Å². The lowest BCUT2D eigenvalue weighted by Gasteiger charge is -2.37. The second-order valence-corrected chi connectivity index (χ2v) is 6.52. The van der Waals surface area contributed by atoms with Crippen LogP contribution in [0.1, 0.15) is 25.3 Å². The first kappa shape index (κ1) is 17.5. The van der Waals surface area contributed by atoms with Crippen molar-refractivity contribution in [2.45, 2.75) is 38.3 Å². The van der Waals surface area contributed by atoms with Gasteiger partial charge in [0.25, 0.3) is 0 Å². The largest absolute Gasteiger partial charge is 0.381 e. The van der Waals surface area contributed by atoms with Gasteiger partial charge >= 0.3 is 6.03 Å². The van der Waals surface area contributed by atoms with Crippen LogP contribution in [0, 0.1) is 0 Å². The van der Waals surface area contributed by atoms with Crippen LogP contribution < -0.4 is 5.32 Å². The zero-order valence-electron chi connectivity index (χ0n) is 14.9. The Morgan fingerprint density at radius 2 is 2.16 bits per heavy atom. The van der Waals surface area contributed by atoms with E-state index in [1.54, 1.807) is 13.3 Å². The number of hydrogen-bond donors (Lipinski definition) is 1. The van der Waals surface area contributed by atoms with Gasteiger partial charge in [0, 0.05) is 38.6 Å². The highest BCUT2D eigenvalue weighted by atomic mass is 16.5. The van der Waals surface area contributed by atoms with Crippen molar-refractivity contribution in [1.82, 2.24) is 20.0 Å². The number of likely N-dealkylation sites (tertiary alicyclic amines) is 1. The summed E-state index contributed by atoms with van der Waals surface area (Å²) in [5.41, 5.74) is 2.23. The summed E-state index contributed by atoms with van der Waals surface area (Å²) in [5.74, 6) is 0. The van der Waals surface area contributed by atoms with Crippen LogP contribution >= 0.6 is 0 Å². The van der Waals surface area contributed by atoms with Gasteiger partial charge in [-0.2, -0.15) is 5.10 Å². The van der Waals surface area contributed by atoms with Crippen molar-refractivity contribution >= 4 is 6.03 Å². The number of amides is 2. The lowest BCUT2D eigenvalue weighted by molar-refractivity contribution is 0.0294. The number of carbonyl (C=O) groups is 1. The summed E-state index contributed by atoms with van der Waals surface area (Å²) in [4.78, 5) is 14.3. The molecule has 1 aliphatic heterocycles. The highest BCUT2D eigenvalue weighted by molar-refractivity contribution is 5.74. The summed E-state index contributed by atoms with van der Waals surface area (Å²) in [6, 6.07) is 10.4. The molecule has 0 saturated carbocycles. The monoisotopic (exact) mass is 342 g/mol. The van der Waals surface area contributed by atoms with E-state index in [0.29, 0.717) is 6.54 Å². The Bertz CT molecular complexity index is 669. The molecule has 6 heteroatoms. The van der Waals surface area contributed by atoms with Gasteiger partial charge in [0.15, 0.2) is 0 Å². The molecule has 1 fully saturated rings. The molecule has 6 nitrogen and oxygen atoms in total. The number of hydrogen-bond acceptors (Lipinski definition) is 3. The molecule has 2 aromatic rings. The van der Waals surface area contributed by atoms with Gasteiger partial charge in [0.1, 0.15) is 0 Å². The van der Waals surface area contributed by atoms with Crippen LogP contribution in [-0.4, -0.2) is 53.1 Å². The van der Waals surface area contributed by atoms with E-state index in [1.807, 2.05) is 34.0 Å². The number of ether oxygens (including phenoxy) is 1. The van der Waals surface area contributed by atoms with E-state index in [2.05, 4.69) is 29.5 Å². The van der Waals surface area contributed by atoms with Crippen molar-refractivity contribution in [3.63, 3.8) is 0 Å². The van der Waals surface area contributed by atoms with E-state index in [1.165, 1.54) is 5.56 Å². The number of nitrogens with zero attached hydrogens (tertiary/aromatic N) is 3. The molecule has 25 heavy (non-hydrogen) atoms. The molecule has 0 aliphatic carbocycles. The van der Waals surface area contributed by atoms with Gasteiger partial charge in [-0.3, -0.25) is 0 Å². The summed E-state index contributed by atoms with van der Waals surface area (Å²) in [6.45, 7) is 3.47. The molecule has 0 unspecified atom stereocenters. The number of piperidine rings is 1. The third kappa shape index (κ3) is 4.39. The van der Waals surface area contributed by atoms with Crippen LogP contribution in [0.2, 0.25) is 0 Å². The van der Waals surface area contributed by atoms with Crippen molar-refractivity contribution in [3.8, 4) is 5.69 Å². The molecule has 0 spiro atoms. The minimum absolute atomic E-state index is 0.0233. The fourth-order valence-corrected chi connectivity index (χ4v) is 3.30. The highest BCUT2D eigenvalue weighted by Crippen LogP contribution is 2.19. The molecule has 1 aliphatic rings. The number of nitrogens with one attached hydrogen (secondary N) is 1. The third-order valence-electron chi connectivity index (χ3n) is 4.82. The van der Waals surface area contributed by atoms with Gasteiger partial charge in [-0.05, 0) is 49.9 Å². The van der Waals surface area contributed by atoms with E-state index in [-0.39, 0.29) is 18.2 Å². The number of methoxy groups -OCH3 is 1. The van der Waals surface area contributed by atoms with Gasteiger partial charge in [0.2, 0.25) is 0 Å². The summed E-state index contributed by atoms with van der Waals surface area (Å²) < 4.78 is 7.23. The average molecular weight is 342 g/mol. The molecule has 2 heterocycles. The predicted molar refractivity (Wildman–Crippen MR) is 96.9 cm³/mol. The smallest absolute Gasteiger partial charge is 0.317 e. The van der Waals surface area contributed by atoms with Crippen LogP contribution in [0.25, 0.3) is 5.69 Å². The third-order valence-corrected chi connectivity index (χ3v) is 4.82. The number of benzene rings is 1. The number of urea groups is 1.